The van der Waals surface area contributed by atoms with E-state index in [1.165, 1.54) is 6.07 Å². The van der Waals surface area contributed by atoms with Crippen molar-refractivity contribution in [2.24, 2.45) is 0 Å². The molecule has 20 heavy (non-hydrogen) atoms. The highest BCUT2D eigenvalue weighted by Crippen LogP contribution is 2.17. The van der Waals surface area contributed by atoms with Crippen LogP contribution >= 0.6 is 0 Å². The molecule has 0 radical (unpaired) electrons. The van der Waals surface area contributed by atoms with Crippen molar-refractivity contribution in [1.82, 2.24) is 4.90 Å². The topological polar surface area (TPSA) is 74.7 Å². The Morgan fingerprint density at radius 2 is 1.90 bits per heavy atom. The Balaban J connectivity index is 0.000000217. The highest BCUT2D eigenvalue weighted by Gasteiger charge is 2.22. The zero-order valence-electron chi connectivity index (χ0n) is 12.3. The number of likely N-dealkylation sites (tertiary alicyclic amines) is 1. The third-order valence-electron chi connectivity index (χ3n) is 3.66. The number of hydrogen-bond donors (Lipinski definition) is 1. The summed E-state index contributed by atoms with van der Waals surface area (Å²) in [5.41, 5.74) is 1.45. The number of hydrogen-bond acceptors (Lipinski definition) is 3. The molecule has 1 aliphatic rings. The van der Waals surface area contributed by atoms with Crippen molar-refractivity contribution in [3.63, 3.8) is 0 Å². The minimum Gasteiger partial charge on any atom is -0.343 e. The summed E-state index contributed by atoms with van der Waals surface area (Å²) in [5.74, 6) is 0.289. The van der Waals surface area contributed by atoms with Gasteiger partial charge in [-0.25, -0.2) is 0 Å². The molecular formula is C14H21NO4S. The number of benzene rings is 1. The van der Waals surface area contributed by atoms with Gasteiger partial charge in [0.05, 0.1) is 4.90 Å². The number of rotatable bonds is 1. The molecule has 112 valence electrons. The van der Waals surface area contributed by atoms with Crippen LogP contribution in [-0.2, 0) is 14.9 Å². The molecular weight excluding hydrogens is 278 g/mol. The lowest BCUT2D eigenvalue weighted by Gasteiger charge is -2.13. The lowest BCUT2D eigenvalue weighted by atomic mass is 10.1. The second-order valence-corrected chi connectivity index (χ2v) is 6.46. The molecule has 0 aliphatic carbocycles. The molecule has 0 bridgehead atoms. The summed E-state index contributed by atoms with van der Waals surface area (Å²) in [5, 5.41) is 0. The average Bonchev–Trinajstić information content (AvgIpc) is 2.63. The van der Waals surface area contributed by atoms with Gasteiger partial charge in [0, 0.05) is 19.5 Å². The number of aryl methyl sites for hydroxylation is 1. The quantitative estimate of drug-likeness (QED) is 0.807. The predicted molar refractivity (Wildman–Crippen MR) is 77.2 cm³/mol. The molecule has 0 spiro atoms. The first kappa shape index (κ1) is 16.7. The van der Waals surface area contributed by atoms with E-state index in [0.717, 1.165) is 18.4 Å². The summed E-state index contributed by atoms with van der Waals surface area (Å²) in [7, 11) is -2.19. The van der Waals surface area contributed by atoms with E-state index in [0.29, 0.717) is 11.6 Å². The number of nitrogens with zero attached hydrogens (tertiary/aromatic N) is 1. The summed E-state index contributed by atoms with van der Waals surface area (Å²) in [6.45, 7) is 5.54. The number of carbonyl (C=O) groups excluding carboxylic acids is 1. The highest BCUT2D eigenvalue weighted by atomic mass is 32.2. The molecule has 1 N–H and O–H groups in total. The van der Waals surface area contributed by atoms with E-state index in [2.05, 4.69) is 6.92 Å². The zero-order chi connectivity index (χ0) is 15.5. The molecule has 5 nitrogen and oxygen atoms in total. The van der Waals surface area contributed by atoms with Gasteiger partial charge in [-0.15, -0.1) is 0 Å². The van der Waals surface area contributed by atoms with Gasteiger partial charge in [-0.1, -0.05) is 12.1 Å². The third-order valence-corrected chi connectivity index (χ3v) is 4.66. The lowest BCUT2D eigenvalue weighted by Crippen LogP contribution is -2.25. The van der Waals surface area contributed by atoms with Gasteiger partial charge in [-0.3, -0.25) is 9.35 Å². The lowest BCUT2D eigenvalue weighted by molar-refractivity contribution is -0.127. The van der Waals surface area contributed by atoms with E-state index in [9.17, 15) is 13.2 Å². The SMILES string of the molecule is CC1CCC(=O)N1C.Cc1cccc(S(=O)(=O)O)c1C. The minimum atomic E-state index is -4.06. The van der Waals surface area contributed by atoms with Crippen molar-refractivity contribution in [3.05, 3.63) is 29.3 Å². The maximum atomic E-state index is 10.8. The summed E-state index contributed by atoms with van der Waals surface area (Å²) in [6, 6.07) is 5.26. The van der Waals surface area contributed by atoms with Crippen molar-refractivity contribution < 1.29 is 17.8 Å². The van der Waals surface area contributed by atoms with E-state index in [4.69, 9.17) is 4.55 Å². The average molecular weight is 299 g/mol. The van der Waals surface area contributed by atoms with E-state index in [-0.39, 0.29) is 10.8 Å². The van der Waals surface area contributed by atoms with Crippen LogP contribution in [0.5, 0.6) is 0 Å². The monoisotopic (exact) mass is 299 g/mol. The Morgan fingerprint density at radius 1 is 1.30 bits per heavy atom. The first-order chi connectivity index (χ1) is 9.14. The molecule has 0 aromatic heterocycles. The molecule has 1 aliphatic heterocycles. The van der Waals surface area contributed by atoms with E-state index < -0.39 is 10.1 Å². The van der Waals surface area contributed by atoms with Crippen LogP contribution in [0.4, 0.5) is 0 Å². The number of amides is 1. The van der Waals surface area contributed by atoms with Gasteiger partial charge in [0.15, 0.2) is 0 Å². The Bertz CT molecular complexity index is 595. The molecule has 6 heteroatoms. The summed E-state index contributed by atoms with van der Waals surface area (Å²) < 4.78 is 30.3. The molecule has 1 amide bonds. The van der Waals surface area contributed by atoms with Gasteiger partial charge < -0.3 is 4.90 Å². The van der Waals surface area contributed by atoms with Crippen molar-refractivity contribution in [3.8, 4) is 0 Å². The van der Waals surface area contributed by atoms with Crippen LogP contribution in [0.25, 0.3) is 0 Å². The molecule has 1 atom stereocenters. The third kappa shape index (κ3) is 4.05. The largest absolute Gasteiger partial charge is 0.343 e. The van der Waals surface area contributed by atoms with Crippen LogP contribution in [0.3, 0.4) is 0 Å². The first-order valence-electron chi connectivity index (χ1n) is 6.44. The highest BCUT2D eigenvalue weighted by molar-refractivity contribution is 7.85. The minimum absolute atomic E-state index is 0.0116. The standard InChI is InChI=1S/C8H10O3S.C6H11NO/c1-6-4-3-5-8(7(6)2)12(9,10)11;1-5-3-4-6(8)7(5)2/h3-5H,1-2H3,(H,9,10,11);5H,3-4H2,1-2H3. The van der Waals surface area contributed by atoms with Crippen molar-refractivity contribution in [1.29, 1.82) is 0 Å². The Hall–Kier alpha value is -1.40. The summed E-state index contributed by atoms with van der Waals surface area (Å²) in [4.78, 5) is 12.5. The van der Waals surface area contributed by atoms with Gasteiger partial charge in [0.25, 0.3) is 10.1 Å². The Labute approximate surface area is 120 Å². The summed E-state index contributed by atoms with van der Waals surface area (Å²) in [6.07, 6.45) is 1.78. The van der Waals surface area contributed by atoms with Crippen LogP contribution in [0, 0.1) is 13.8 Å². The molecule has 1 heterocycles. The molecule has 1 saturated heterocycles. The van der Waals surface area contributed by atoms with E-state index in [1.807, 2.05) is 7.05 Å². The van der Waals surface area contributed by atoms with Crippen LogP contribution in [0.1, 0.15) is 30.9 Å². The van der Waals surface area contributed by atoms with Gasteiger partial charge in [0.2, 0.25) is 5.91 Å². The van der Waals surface area contributed by atoms with E-state index >= 15 is 0 Å². The predicted octanol–water partition coefficient (Wildman–Crippen LogP) is 2.18. The van der Waals surface area contributed by atoms with Crippen LogP contribution in [0.15, 0.2) is 23.1 Å². The van der Waals surface area contributed by atoms with Gasteiger partial charge in [-0.2, -0.15) is 8.42 Å². The second kappa shape index (κ2) is 6.37. The smallest absolute Gasteiger partial charge is 0.294 e. The van der Waals surface area contributed by atoms with Gasteiger partial charge in [-0.05, 0) is 44.4 Å². The molecule has 1 aromatic carbocycles. The van der Waals surface area contributed by atoms with Crippen molar-refractivity contribution >= 4 is 16.0 Å². The van der Waals surface area contributed by atoms with Crippen LogP contribution in [0.2, 0.25) is 0 Å². The van der Waals surface area contributed by atoms with Crippen molar-refractivity contribution in [2.75, 3.05) is 7.05 Å². The van der Waals surface area contributed by atoms with E-state index in [1.54, 1.807) is 30.9 Å². The molecule has 1 fully saturated rings. The molecule has 1 aromatic rings. The van der Waals surface area contributed by atoms with Gasteiger partial charge >= 0.3 is 0 Å². The fourth-order valence-electron chi connectivity index (χ4n) is 1.95. The fourth-order valence-corrected chi connectivity index (χ4v) is 2.75. The molecule has 0 saturated carbocycles. The number of carbonyl (C=O) groups is 1. The molecule has 1 unspecified atom stereocenters. The zero-order valence-corrected chi connectivity index (χ0v) is 13.1. The normalized spacial score (nSPS) is 18.8. The molecule has 2 rings (SSSR count). The second-order valence-electron chi connectivity index (χ2n) is 5.07. The van der Waals surface area contributed by atoms with Crippen LogP contribution < -0.4 is 0 Å². The maximum Gasteiger partial charge on any atom is 0.294 e. The van der Waals surface area contributed by atoms with Crippen molar-refractivity contribution in [2.45, 2.75) is 44.6 Å². The maximum absolute atomic E-state index is 10.8. The van der Waals surface area contributed by atoms with Crippen LogP contribution in [-0.4, -0.2) is 36.9 Å². The fraction of sp³-hybridized carbons (Fsp3) is 0.500. The summed E-state index contributed by atoms with van der Waals surface area (Å²) >= 11 is 0. The first-order valence-corrected chi connectivity index (χ1v) is 7.88. The Morgan fingerprint density at radius 3 is 2.20 bits per heavy atom. The Kier molecular flexibility index (Phi) is 5.30. The van der Waals surface area contributed by atoms with Gasteiger partial charge in [0.1, 0.15) is 0 Å².